The minimum absolute atomic E-state index is 0.0325. The second-order valence-electron chi connectivity index (χ2n) is 5.76. The van der Waals surface area contributed by atoms with E-state index < -0.39 is 0 Å². The van der Waals surface area contributed by atoms with E-state index in [2.05, 4.69) is 29.4 Å². The van der Waals surface area contributed by atoms with Crippen LogP contribution in [0.2, 0.25) is 0 Å². The highest BCUT2D eigenvalue weighted by Gasteiger charge is 2.22. The largest absolute Gasteiger partial charge is 0.336 e. The van der Waals surface area contributed by atoms with Gasteiger partial charge in [-0.25, -0.2) is 4.79 Å². The van der Waals surface area contributed by atoms with Crippen LogP contribution in [0.5, 0.6) is 0 Å². The summed E-state index contributed by atoms with van der Waals surface area (Å²) in [4.78, 5) is 13.6. The highest BCUT2D eigenvalue weighted by molar-refractivity contribution is 5.74. The Balaban J connectivity index is 4.02. The first kappa shape index (κ1) is 14.2. The zero-order chi connectivity index (χ0) is 12.3. The van der Waals surface area contributed by atoms with Crippen molar-refractivity contribution in [2.45, 2.75) is 45.7 Å². The lowest BCUT2D eigenvalue weighted by Gasteiger charge is -2.33. The van der Waals surface area contributed by atoms with E-state index in [4.69, 9.17) is 0 Å². The third kappa shape index (κ3) is 6.33. The van der Waals surface area contributed by atoms with Gasteiger partial charge in [-0.15, -0.1) is 0 Å². The Bertz CT molecular complexity index is 216. The zero-order valence-electron chi connectivity index (χ0n) is 11.1. The van der Waals surface area contributed by atoms with E-state index in [9.17, 15) is 4.79 Å². The summed E-state index contributed by atoms with van der Waals surface area (Å²) in [6.07, 6.45) is 0. The first-order valence-corrected chi connectivity index (χ1v) is 5.28. The van der Waals surface area contributed by atoms with Crippen molar-refractivity contribution in [1.29, 1.82) is 0 Å². The summed E-state index contributed by atoms with van der Waals surface area (Å²) in [5.41, 5.74) is -0.221. The molecular weight excluding hydrogens is 190 g/mol. The second-order valence-corrected chi connectivity index (χ2v) is 5.76. The topological polar surface area (TPSA) is 44.4 Å². The molecule has 90 valence electrons. The van der Waals surface area contributed by atoms with Crippen LogP contribution in [0.25, 0.3) is 0 Å². The molecule has 0 unspecified atom stereocenters. The second kappa shape index (κ2) is 4.84. The van der Waals surface area contributed by atoms with Crippen molar-refractivity contribution in [2.75, 3.05) is 20.6 Å². The summed E-state index contributed by atoms with van der Waals surface area (Å²) in [7, 11) is 4.01. The third-order valence-corrected chi connectivity index (χ3v) is 2.38. The van der Waals surface area contributed by atoms with Crippen molar-refractivity contribution in [3.05, 3.63) is 0 Å². The van der Waals surface area contributed by atoms with Crippen LogP contribution >= 0.6 is 0 Å². The average Bonchev–Trinajstić information content (AvgIpc) is 1.97. The minimum atomic E-state index is -0.188. The minimum Gasteiger partial charge on any atom is -0.336 e. The average molecular weight is 215 g/mol. The molecule has 0 aromatic rings. The van der Waals surface area contributed by atoms with Crippen molar-refractivity contribution in [3.63, 3.8) is 0 Å². The number of carbonyl (C=O) groups excluding carboxylic acids is 1. The molecular formula is C11H25N3O. The van der Waals surface area contributed by atoms with E-state index in [1.165, 1.54) is 0 Å². The number of hydrogen-bond acceptors (Lipinski definition) is 2. The van der Waals surface area contributed by atoms with Crippen LogP contribution in [0.4, 0.5) is 4.79 Å². The molecule has 0 atom stereocenters. The molecule has 0 heterocycles. The predicted octanol–water partition coefficient (Wildman–Crippen LogP) is 1.42. The maximum absolute atomic E-state index is 11.5. The van der Waals surface area contributed by atoms with Gasteiger partial charge in [0.1, 0.15) is 0 Å². The molecule has 2 amide bonds. The fourth-order valence-corrected chi connectivity index (χ4v) is 0.839. The van der Waals surface area contributed by atoms with Crippen molar-refractivity contribution in [2.24, 2.45) is 0 Å². The fraction of sp³-hybridized carbons (Fsp3) is 0.909. The summed E-state index contributed by atoms with van der Waals surface area (Å²) in [6, 6.07) is -0.113. The molecule has 2 N–H and O–H groups in total. The summed E-state index contributed by atoms with van der Waals surface area (Å²) < 4.78 is 0. The SMILES string of the molecule is CN(C)C(C)(C)CNC(=O)NC(C)(C)C. The van der Waals surface area contributed by atoms with Crippen molar-refractivity contribution < 1.29 is 4.79 Å². The van der Waals surface area contributed by atoms with Gasteiger partial charge in [0.2, 0.25) is 0 Å². The number of amides is 2. The molecule has 0 rings (SSSR count). The van der Waals surface area contributed by atoms with Gasteiger partial charge in [0.25, 0.3) is 0 Å². The van der Waals surface area contributed by atoms with Crippen LogP contribution in [-0.2, 0) is 0 Å². The Morgan fingerprint density at radius 2 is 1.60 bits per heavy atom. The highest BCUT2D eigenvalue weighted by atomic mass is 16.2. The van der Waals surface area contributed by atoms with Crippen LogP contribution in [0.15, 0.2) is 0 Å². The van der Waals surface area contributed by atoms with Gasteiger partial charge in [-0.05, 0) is 48.7 Å². The fourth-order valence-electron chi connectivity index (χ4n) is 0.839. The molecule has 0 aromatic carbocycles. The number of hydrogen-bond donors (Lipinski definition) is 2. The quantitative estimate of drug-likeness (QED) is 0.748. The number of carbonyl (C=O) groups is 1. The van der Waals surface area contributed by atoms with Crippen LogP contribution < -0.4 is 10.6 Å². The Labute approximate surface area is 93.4 Å². The molecule has 0 aliphatic carbocycles. The Morgan fingerprint density at radius 3 is 1.93 bits per heavy atom. The van der Waals surface area contributed by atoms with E-state index in [-0.39, 0.29) is 17.1 Å². The normalized spacial score (nSPS) is 12.8. The van der Waals surface area contributed by atoms with Crippen LogP contribution in [0.3, 0.4) is 0 Å². The Hall–Kier alpha value is -0.770. The van der Waals surface area contributed by atoms with E-state index in [0.29, 0.717) is 6.54 Å². The molecule has 0 saturated heterocycles. The van der Waals surface area contributed by atoms with Gasteiger partial charge in [0.15, 0.2) is 0 Å². The lowest BCUT2D eigenvalue weighted by atomic mass is 10.0. The molecule has 0 aromatic heterocycles. The molecule has 0 bridgehead atoms. The maximum Gasteiger partial charge on any atom is 0.315 e. The number of likely N-dealkylation sites (N-methyl/N-ethyl adjacent to an activating group) is 1. The van der Waals surface area contributed by atoms with Crippen molar-refractivity contribution >= 4 is 6.03 Å². The van der Waals surface area contributed by atoms with Crippen molar-refractivity contribution in [1.82, 2.24) is 15.5 Å². The van der Waals surface area contributed by atoms with Gasteiger partial charge >= 0.3 is 6.03 Å². The van der Waals surface area contributed by atoms with E-state index in [1.54, 1.807) is 0 Å². The van der Waals surface area contributed by atoms with Crippen LogP contribution in [0.1, 0.15) is 34.6 Å². The van der Waals surface area contributed by atoms with Gasteiger partial charge in [-0.2, -0.15) is 0 Å². The van der Waals surface area contributed by atoms with Gasteiger partial charge in [-0.3, -0.25) is 0 Å². The maximum atomic E-state index is 11.5. The summed E-state index contributed by atoms with van der Waals surface area (Å²) in [5, 5.41) is 5.73. The van der Waals surface area contributed by atoms with Crippen LogP contribution in [0, 0.1) is 0 Å². The lowest BCUT2D eigenvalue weighted by molar-refractivity contribution is 0.184. The molecule has 0 saturated carbocycles. The van der Waals surface area contributed by atoms with E-state index >= 15 is 0 Å². The molecule has 15 heavy (non-hydrogen) atoms. The number of urea groups is 1. The van der Waals surface area contributed by atoms with Gasteiger partial charge in [0.05, 0.1) is 0 Å². The molecule has 0 aliphatic heterocycles. The van der Waals surface area contributed by atoms with Crippen LogP contribution in [-0.4, -0.2) is 42.6 Å². The number of nitrogens with zero attached hydrogens (tertiary/aromatic N) is 1. The standard InChI is InChI=1S/C11H25N3O/c1-10(2,3)13-9(15)12-8-11(4,5)14(6)7/h8H2,1-7H3,(H2,12,13,15). The van der Waals surface area contributed by atoms with Gasteiger partial charge in [-0.1, -0.05) is 0 Å². The van der Waals surface area contributed by atoms with Crippen molar-refractivity contribution in [3.8, 4) is 0 Å². The first-order valence-electron chi connectivity index (χ1n) is 5.28. The molecule has 0 spiro atoms. The Kier molecular flexibility index (Phi) is 4.59. The first-order chi connectivity index (χ1) is 6.54. The van der Waals surface area contributed by atoms with Gasteiger partial charge < -0.3 is 15.5 Å². The third-order valence-electron chi connectivity index (χ3n) is 2.38. The highest BCUT2D eigenvalue weighted by Crippen LogP contribution is 2.07. The summed E-state index contributed by atoms with van der Waals surface area (Å²) in [5.74, 6) is 0. The van der Waals surface area contributed by atoms with E-state index in [1.807, 2.05) is 34.9 Å². The van der Waals surface area contributed by atoms with Gasteiger partial charge in [0, 0.05) is 17.6 Å². The lowest BCUT2D eigenvalue weighted by Crippen LogP contribution is -2.53. The Morgan fingerprint density at radius 1 is 1.13 bits per heavy atom. The molecule has 0 aliphatic rings. The predicted molar refractivity (Wildman–Crippen MR) is 64.1 cm³/mol. The number of nitrogens with one attached hydrogen (secondary N) is 2. The summed E-state index contributed by atoms with van der Waals surface area (Å²) in [6.45, 7) is 10.7. The molecule has 0 fully saturated rings. The van der Waals surface area contributed by atoms with E-state index in [0.717, 1.165) is 0 Å². The molecule has 0 radical (unpaired) electrons. The number of rotatable bonds is 3. The molecule has 4 nitrogen and oxygen atoms in total. The molecule has 4 heteroatoms. The monoisotopic (exact) mass is 215 g/mol. The smallest absolute Gasteiger partial charge is 0.315 e. The summed E-state index contributed by atoms with van der Waals surface area (Å²) >= 11 is 0. The zero-order valence-corrected chi connectivity index (χ0v) is 11.1.